The number of nitrogens with zero attached hydrogens (tertiary/aromatic N) is 4. The molecule has 1 amide bonds. The van der Waals surface area contributed by atoms with E-state index in [2.05, 4.69) is 18.7 Å². The summed E-state index contributed by atoms with van der Waals surface area (Å²) < 4.78 is 35.2. The molecule has 4 aromatic carbocycles. The molecule has 1 saturated carbocycles. The van der Waals surface area contributed by atoms with Crippen LogP contribution in [0.15, 0.2) is 120 Å². The van der Waals surface area contributed by atoms with Crippen LogP contribution in [-0.4, -0.2) is 70.4 Å². The number of oxime groups is 1. The van der Waals surface area contributed by atoms with Gasteiger partial charge in [0.1, 0.15) is 36.6 Å². The first kappa shape index (κ1) is 45.6. The minimum Gasteiger partial charge on any atom is -0.489 e. The van der Waals surface area contributed by atoms with E-state index in [1.165, 1.54) is 18.2 Å². The summed E-state index contributed by atoms with van der Waals surface area (Å²) in [4.78, 5) is 33.2. The van der Waals surface area contributed by atoms with Gasteiger partial charge in [0.05, 0.1) is 34.8 Å². The number of non-ortho nitro benzene ring substituents is 1. The van der Waals surface area contributed by atoms with E-state index in [-0.39, 0.29) is 74.6 Å². The summed E-state index contributed by atoms with van der Waals surface area (Å²) in [7, 11) is 1.70. The number of halogens is 1. The number of rotatable bonds is 20. The molecule has 6 atom stereocenters. The first-order chi connectivity index (χ1) is 31.1. The highest BCUT2D eigenvalue weighted by Gasteiger charge is 2.65. The lowest BCUT2D eigenvalue weighted by atomic mass is 9.55. The second-order valence-corrected chi connectivity index (χ2v) is 16.5. The van der Waals surface area contributed by atoms with Crippen molar-refractivity contribution in [2.24, 2.45) is 22.9 Å². The standard InChI is InChI=1S/C50H53FN4O9/c1-3-26-62-50-46(54(2)49(58)35-18-14-33(30-52)15-19-35)29-44(53-63-31-34-16-20-38(21-17-34)55(59)60)41-27-36(10-6-8-24-56)40(12-7-9-25-57)47(48(41)50)42-28-39(22-23-45(42)64-50)61-32-37-11-4-5-13-43(37)51/h3-5,11,13-23,27-28,36,40,46-48,56-57H,1,6-10,12,24-26,29,31-32H2,2H3. The molecule has 2 N–H and O–H groups in total. The highest BCUT2D eigenvalue weighted by atomic mass is 19.1. The summed E-state index contributed by atoms with van der Waals surface area (Å²) >= 11 is 0. The van der Waals surface area contributed by atoms with Crippen LogP contribution in [-0.2, 0) is 22.8 Å². The van der Waals surface area contributed by atoms with Gasteiger partial charge in [-0.25, -0.2) is 4.39 Å². The van der Waals surface area contributed by atoms with Gasteiger partial charge in [0.2, 0.25) is 5.79 Å². The van der Waals surface area contributed by atoms with E-state index in [1.807, 2.05) is 12.1 Å². The van der Waals surface area contributed by atoms with Gasteiger partial charge in [-0.3, -0.25) is 14.9 Å². The number of hydrogen-bond donors (Lipinski definition) is 2. The predicted molar refractivity (Wildman–Crippen MR) is 237 cm³/mol. The summed E-state index contributed by atoms with van der Waals surface area (Å²) in [6.07, 6.45) is 8.16. The number of nitro groups is 1. The fourth-order valence-electron chi connectivity index (χ4n) is 9.53. The van der Waals surface area contributed by atoms with Crippen LogP contribution in [0.25, 0.3) is 0 Å². The van der Waals surface area contributed by atoms with E-state index in [0.717, 1.165) is 36.8 Å². The van der Waals surface area contributed by atoms with Crippen molar-refractivity contribution in [3.05, 3.63) is 159 Å². The zero-order valence-corrected chi connectivity index (χ0v) is 35.8. The fourth-order valence-corrected chi connectivity index (χ4v) is 9.53. The van der Waals surface area contributed by atoms with E-state index in [9.17, 15) is 34.8 Å². The van der Waals surface area contributed by atoms with Crippen LogP contribution in [0, 0.1) is 45.0 Å². The quantitative estimate of drug-likeness (QED) is 0.0378. The zero-order valence-electron chi connectivity index (χ0n) is 35.8. The van der Waals surface area contributed by atoms with Gasteiger partial charge in [0, 0.05) is 61.4 Å². The van der Waals surface area contributed by atoms with Crippen molar-refractivity contribution in [3.8, 4) is 17.6 Å². The highest BCUT2D eigenvalue weighted by Crippen LogP contribution is 2.62. The van der Waals surface area contributed by atoms with Gasteiger partial charge in [-0.05, 0) is 109 Å². The van der Waals surface area contributed by atoms with Crippen LogP contribution in [0.4, 0.5) is 10.1 Å². The molecule has 3 aliphatic rings. The Morgan fingerprint density at radius 1 is 1.03 bits per heavy atom. The lowest BCUT2D eigenvalue weighted by Gasteiger charge is -2.59. The third-order valence-corrected chi connectivity index (χ3v) is 12.6. The molecule has 0 spiro atoms. The Hall–Kier alpha value is -6.40. The minimum atomic E-state index is -1.51. The monoisotopic (exact) mass is 872 g/mol. The molecule has 6 unspecified atom stereocenters. The van der Waals surface area contributed by atoms with Crippen LogP contribution in [0.1, 0.15) is 83.5 Å². The molecule has 2 aliphatic carbocycles. The summed E-state index contributed by atoms with van der Waals surface area (Å²) in [5.41, 5.74) is 4.02. The maximum atomic E-state index is 14.8. The third kappa shape index (κ3) is 9.72. The molecule has 4 aromatic rings. The lowest BCUT2D eigenvalue weighted by Crippen LogP contribution is -2.69. The Bertz CT molecular complexity index is 2400. The SMILES string of the molecule is C=CCOC12Oc3ccc(OCc4ccccc4F)cc3C3C(CCCCO)C(CCCCO)C=C(C(=NOCc4ccc([N+](=O)[O-])cc4)CC1N(C)C(=O)c1ccc(C#N)cc1)C32. The van der Waals surface area contributed by atoms with Crippen molar-refractivity contribution < 1.29 is 43.4 Å². The number of fused-ring (bicyclic) bond motifs is 2. The Balaban J connectivity index is 1.39. The molecule has 0 aromatic heterocycles. The number of aliphatic hydroxyl groups excluding tert-OH is 2. The largest absolute Gasteiger partial charge is 0.489 e. The van der Waals surface area contributed by atoms with Crippen molar-refractivity contribution in [1.82, 2.24) is 4.90 Å². The van der Waals surface area contributed by atoms with Crippen molar-refractivity contribution in [3.63, 3.8) is 0 Å². The van der Waals surface area contributed by atoms with Gasteiger partial charge in [-0.15, -0.1) is 6.58 Å². The van der Waals surface area contributed by atoms with Crippen LogP contribution >= 0.6 is 0 Å². The number of unbranched alkanes of at least 4 members (excludes halogenated alkanes) is 2. The second-order valence-electron chi connectivity index (χ2n) is 16.5. The number of nitro benzene ring substituents is 1. The van der Waals surface area contributed by atoms with E-state index < -0.39 is 22.7 Å². The molecule has 0 saturated heterocycles. The first-order valence-corrected chi connectivity index (χ1v) is 21.7. The number of allylic oxidation sites excluding steroid dienone is 1. The number of aliphatic hydroxyl groups is 2. The molecule has 1 heterocycles. The molecule has 1 fully saturated rings. The molecule has 334 valence electrons. The Kier molecular flexibility index (Phi) is 14.9. The Morgan fingerprint density at radius 3 is 2.45 bits per heavy atom. The molecule has 1 aliphatic heterocycles. The normalized spacial score (nSPS) is 22.5. The Labute approximate surface area is 372 Å². The second kappa shape index (κ2) is 20.9. The predicted octanol–water partition coefficient (Wildman–Crippen LogP) is 8.79. The van der Waals surface area contributed by atoms with Crippen LogP contribution in [0.5, 0.6) is 11.5 Å². The molecule has 14 heteroatoms. The summed E-state index contributed by atoms with van der Waals surface area (Å²) in [6.45, 7) is 4.14. The van der Waals surface area contributed by atoms with E-state index in [1.54, 1.807) is 78.7 Å². The molecular formula is C50H53FN4O9. The number of carbonyl (C=O) groups is 1. The van der Waals surface area contributed by atoms with Gasteiger partial charge < -0.3 is 34.2 Å². The topological polar surface area (TPSA) is 177 Å². The maximum absolute atomic E-state index is 14.8. The smallest absolute Gasteiger partial charge is 0.269 e. The molecular weight excluding hydrogens is 820 g/mol. The molecule has 7 rings (SSSR count). The molecule has 64 heavy (non-hydrogen) atoms. The minimum absolute atomic E-state index is 0.00507. The first-order valence-electron chi connectivity index (χ1n) is 21.7. The summed E-state index contributed by atoms with van der Waals surface area (Å²) in [5, 5.41) is 45.4. The molecule has 0 bridgehead atoms. The van der Waals surface area contributed by atoms with Crippen molar-refractivity contribution in [1.29, 1.82) is 5.26 Å². The van der Waals surface area contributed by atoms with Crippen molar-refractivity contribution >= 4 is 17.3 Å². The van der Waals surface area contributed by atoms with Gasteiger partial charge in [-0.1, -0.05) is 48.3 Å². The molecule has 0 radical (unpaired) electrons. The number of carbonyl (C=O) groups excluding carboxylic acids is 1. The number of hydrogen-bond acceptors (Lipinski definition) is 11. The van der Waals surface area contributed by atoms with Gasteiger partial charge in [0.15, 0.2) is 0 Å². The number of ether oxygens (including phenoxy) is 3. The van der Waals surface area contributed by atoms with Gasteiger partial charge >= 0.3 is 0 Å². The lowest BCUT2D eigenvalue weighted by molar-refractivity contribution is -0.384. The highest BCUT2D eigenvalue weighted by molar-refractivity contribution is 6.03. The third-order valence-electron chi connectivity index (χ3n) is 12.6. The Morgan fingerprint density at radius 2 is 1.77 bits per heavy atom. The average molecular weight is 873 g/mol. The summed E-state index contributed by atoms with van der Waals surface area (Å²) in [5.74, 6) is -2.17. The average Bonchev–Trinajstić information content (AvgIpc) is 3.31. The van der Waals surface area contributed by atoms with Crippen LogP contribution < -0.4 is 9.47 Å². The van der Waals surface area contributed by atoms with Crippen molar-refractivity contribution in [2.45, 2.75) is 75.9 Å². The van der Waals surface area contributed by atoms with E-state index in [4.69, 9.17) is 24.2 Å². The maximum Gasteiger partial charge on any atom is 0.269 e. The zero-order chi connectivity index (χ0) is 45.2. The van der Waals surface area contributed by atoms with Gasteiger partial charge in [-0.2, -0.15) is 5.26 Å². The van der Waals surface area contributed by atoms with E-state index in [0.29, 0.717) is 52.3 Å². The van der Waals surface area contributed by atoms with Gasteiger partial charge in [0.25, 0.3) is 11.6 Å². The van der Waals surface area contributed by atoms with Crippen molar-refractivity contribution in [2.75, 3.05) is 26.9 Å². The van der Waals surface area contributed by atoms with E-state index >= 15 is 0 Å². The van der Waals surface area contributed by atoms with Crippen LogP contribution in [0.3, 0.4) is 0 Å². The number of benzene rings is 4. The number of likely N-dealkylation sites (N-methyl/N-ethyl adjacent to an activating group) is 1. The van der Waals surface area contributed by atoms with Crippen LogP contribution in [0.2, 0.25) is 0 Å². The summed E-state index contributed by atoms with van der Waals surface area (Å²) in [6, 6.07) is 25.8. The molecule has 13 nitrogen and oxygen atoms in total. The number of amides is 1. The number of nitriles is 1. The fraction of sp³-hybridized carbons (Fsp3) is 0.380.